The average Bonchev–Trinajstić information content (AvgIpc) is 2.48. The van der Waals surface area contributed by atoms with E-state index in [4.69, 9.17) is 5.26 Å². The van der Waals surface area contributed by atoms with Gasteiger partial charge in [0.1, 0.15) is 0 Å². The van der Waals surface area contributed by atoms with Gasteiger partial charge < -0.3 is 10.4 Å². The van der Waals surface area contributed by atoms with Gasteiger partial charge in [-0.2, -0.15) is 5.26 Å². The molecule has 0 unspecified atom stereocenters. The lowest BCUT2D eigenvalue weighted by Gasteiger charge is -2.27. The molecule has 0 aromatic heterocycles. The fourth-order valence-corrected chi connectivity index (χ4v) is 2.35. The highest BCUT2D eigenvalue weighted by Crippen LogP contribution is 2.18. The van der Waals surface area contributed by atoms with E-state index in [-0.39, 0.29) is 11.9 Å². The van der Waals surface area contributed by atoms with Gasteiger partial charge in [0, 0.05) is 6.08 Å². The number of rotatable bonds is 3. The number of aliphatic hydroxyl groups is 1. The third-order valence-corrected chi connectivity index (χ3v) is 3.52. The minimum absolute atomic E-state index is 0.137. The fourth-order valence-electron chi connectivity index (χ4n) is 2.35. The van der Waals surface area contributed by atoms with E-state index >= 15 is 0 Å². The van der Waals surface area contributed by atoms with Crippen LogP contribution in [0.15, 0.2) is 30.3 Å². The summed E-state index contributed by atoms with van der Waals surface area (Å²) in [6.07, 6.45) is 6.38. The Morgan fingerprint density at radius 3 is 2.65 bits per heavy atom. The van der Waals surface area contributed by atoms with Gasteiger partial charge in [0.2, 0.25) is 5.91 Å². The van der Waals surface area contributed by atoms with Crippen LogP contribution in [-0.2, 0) is 4.79 Å². The second-order valence-electron chi connectivity index (χ2n) is 5.03. The van der Waals surface area contributed by atoms with E-state index in [0.717, 1.165) is 31.2 Å². The first-order chi connectivity index (χ1) is 9.69. The number of benzene rings is 1. The molecule has 1 aromatic carbocycles. The molecule has 1 aliphatic rings. The standard InChI is InChI=1S/C16H18N2O2/c17-11-13-7-5-12(6-8-13)9-10-16(20)18-14-3-1-2-4-15(14)19/h5-10,14-15,19H,1-4H2,(H,18,20)/b10-9+/t14-,15-/m0/s1. The first-order valence-corrected chi connectivity index (χ1v) is 6.86. The van der Waals surface area contributed by atoms with Crippen LogP contribution in [0.1, 0.15) is 36.8 Å². The maximum atomic E-state index is 11.8. The van der Waals surface area contributed by atoms with Gasteiger partial charge in [-0.25, -0.2) is 0 Å². The Hall–Kier alpha value is -2.12. The molecule has 1 saturated carbocycles. The number of nitrogens with zero attached hydrogens (tertiary/aromatic N) is 1. The summed E-state index contributed by atoms with van der Waals surface area (Å²) in [5, 5.41) is 21.3. The normalized spacial score (nSPS) is 22.4. The van der Waals surface area contributed by atoms with E-state index in [2.05, 4.69) is 5.32 Å². The van der Waals surface area contributed by atoms with E-state index in [9.17, 15) is 9.90 Å². The Kier molecular flexibility index (Phi) is 4.91. The van der Waals surface area contributed by atoms with E-state index in [1.54, 1.807) is 30.3 Å². The maximum Gasteiger partial charge on any atom is 0.244 e. The van der Waals surface area contributed by atoms with Crippen molar-refractivity contribution in [3.63, 3.8) is 0 Å². The molecule has 1 aliphatic carbocycles. The molecule has 0 radical (unpaired) electrons. The van der Waals surface area contributed by atoms with Crippen LogP contribution < -0.4 is 5.32 Å². The zero-order valence-electron chi connectivity index (χ0n) is 11.2. The van der Waals surface area contributed by atoms with Crippen LogP contribution in [0.2, 0.25) is 0 Å². The van der Waals surface area contributed by atoms with Gasteiger partial charge in [-0.05, 0) is 36.6 Å². The number of aliphatic hydroxyl groups excluding tert-OH is 1. The summed E-state index contributed by atoms with van der Waals surface area (Å²) in [6.45, 7) is 0. The molecular formula is C16H18N2O2. The van der Waals surface area contributed by atoms with Gasteiger partial charge in [0.25, 0.3) is 0 Å². The summed E-state index contributed by atoms with van der Waals surface area (Å²) in [6, 6.07) is 8.91. The first-order valence-electron chi connectivity index (χ1n) is 6.86. The Bertz CT molecular complexity index is 528. The van der Waals surface area contributed by atoms with E-state index in [1.807, 2.05) is 6.07 Å². The van der Waals surface area contributed by atoms with Crippen molar-refractivity contribution < 1.29 is 9.90 Å². The minimum Gasteiger partial charge on any atom is -0.391 e. The van der Waals surface area contributed by atoms with Gasteiger partial charge in [0.05, 0.1) is 23.8 Å². The summed E-state index contributed by atoms with van der Waals surface area (Å²) in [7, 11) is 0. The highest BCUT2D eigenvalue weighted by atomic mass is 16.3. The molecule has 2 N–H and O–H groups in total. The third-order valence-electron chi connectivity index (χ3n) is 3.52. The van der Waals surface area contributed by atoms with E-state index in [0.29, 0.717) is 5.56 Å². The molecule has 0 aliphatic heterocycles. The third kappa shape index (κ3) is 3.94. The molecule has 1 aromatic rings. The van der Waals surface area contributed by atoms with Crippen molar-refractivity contribution in [3.05, 3.63) is 41.5 Å². The van der Waals surface area contributed by atoms with Crippen molar-refractivity contribution in [2.45, 2.75) is 37.8 Å². The lowest BCUT2D eigenvalue weighted by atomic mass is 9.92. The SMILES string of the molecule is N#Cc1ccc(/C=C/C(=O)N[C@H]2CCCC[C@@H]2O)cc1. The topological polar surface area (TPSA) is 73.1 Å². The molecule has 2 atom stereocenters. The summed E-state index contributed by atoms with van der Waals surface area (Å²) >= 11 is 0. The first kappa shape index (κ1) is 14.3. The molecular weight excluding hydrogens is 252 g/mol. The van der Waals surface area contributed by atoms with Crippen LogP contribution in [0.5, 0.6) is 0 Å². The molecule has 2 rings (SSSR count). The number of hydrogen-bond donors (Lipinski definition) is 2. The zero-order valence-corrected chi connectivity index (χ0v) is 11.2. The van der Waals surface area contributed by atoms with Crippen molar-refractivity contribution in [2.75, 3.05) is 0 Å². The molecule has 0 saturated heterocycles. The van der Waals surface area contributed by atoms with Gasteiger partial charge in [0.15, 0.2) is 0 Å². The van der Waals surface area contributed by atoms with E-state index in [1.165, 1.54) is 6.08 Å². The molecule has 20 heavy (non-hydrogen) atoms. The molecule has 104 valence electrons. The molecule has 1 fully saturated rings. The van der Waals surface area contributed by atoms with Crippen molar-refractivity contribution in [2.24, 2.45) is 0 Å². The highest BCUT2D eigenvalue weighted by molar-refractivity contribution is 5.91. The van der Waals surface area contributed by atoms with Crippen molar-refractivity contribution in [1.29, 1.82) is 5.26 Å². The lowest BCUT2D eigenvalue weighted by Crippen LogP contribution is -2.44. The molecule has 0 bridgehead atoms. The van der Waals surface area contributed by atoms with Crippen molar-refractivity contribution >= 4 is 12.0 Å². The van der Waals surface area contributed by atoms with Crippen LogP contribution in [0.3, 0.4) is 0 Å². The number of nitrogens with one attached hydrogen (secondary N) is 1. The highest BCUT2D eigenvalue weighted by Gasteiger charge is 2.23. The second kappa shape index (κ2) is 6.88. The number of carbonyl (C=O) groups excluding carboxylic acids is 1. The Morgan fingerprint density at radius 1 is 1.30 bits per heavy atom. The summed E-state index contributed by atoms with van der Waals surface area (Å²) < 4.78 is 0. The van der Waals surface area contributed by atoms with Crippen LogP contribution in [0, 0.1) is 11.3 Å². The van der Waals surface area contributed by atoms with Crippen molar-refractivity contribution in [1.82, 2.24) is 5.32 Å². The predicted molar refractivity (Wildman–Crippen MR) is 76.6 cm³/mol. The monoisotopic (exact) mass is 270 g/mol. The average molecular weight is 270 g/mol. The van der Waals surface area contributed by atoms with Crippen LogP contribution >= 0.6 is 0 Å². The zero-order chi connectivity index (χ0) is 14.4. The molecule has 0 heterocycles. The number of hydrogen-bond acceptors (Lipinski definition) is 3. The van der Waals surface area contributed by atoms with Gasteiger partial charge in [-0.1, -0.05) is 25.0 Å². The van der Waals surface area contributed by atoms with Crippen LogP contribution in [0.4, 0.5) is 0 Å². The van der Waals surface area contributed by atoms with Gasteiger partial charge >= 0.3 is 0 Å². The Labute approximate surface area is 118 Å². The largest absolute Gasteiger partial charge is 0.391 e. The molecule has 1 amide bonds. The van der Waals surface area contributed by atoms with Crippen molar-refractivity contribution in [3.8, 4) is 6.07 Å². The minimum atomic E-state index is -0.434. The molecule has 4 heteroatoms. The molecule has 4 nitrogen and oxygen atoms in total. The predicted octanol–water partition coefficient (Wildman–Crippen LogP) is 1.99. The Morgan fingerprint density at radius 2 is 2.00 bits per heavy atom. The smallest absolute Gasteiger partial charge is 0.244 e. The quantitative estimate of drug-likeness (QED) is 0.825. The van der Waals surface area contributed by atoms with Gasteiger partial charge in [-0.3, -0.25) is 4.79 Å². The summed E-state index contributed by atoms with van der Waals surface area (Å²) in [5.74, 6) is -0.194. The fraction of sp³-hybridized carbons (Fsp3) is 0.375. The Balaban J connectivity index is 1.89. The number of nitriles is 1. The van der Waals surface area contributed by atoms with Crippen LogP contribution in [-0.4, -0.2) is 23.2 Å². The lowest BCUT2D eigenvalue weighted by molar-refractivity contribution is -0.118. The van der Waals surface area contributed by atoms with E-state index < -0.39 is 6.10 Å². The number of carbonyl (C=O) groups is 1. The summed E-state index contributed by atoms with van der Waals surface area (Å²) in [5.41, 5.74) is 1.46. The second-order valence-corrected chi connectivity index (χ2v) is 5.03. The van der Waals surface area contributed by atoms with Crippen LogP contribution in [0.25, 0.3) is 6.08 Å². The maximum absolute atomic E-state index is 11.8. The number of amides is 1. The summed E-state index contributed by atoms with van der Waals surface area (Å²) in [4.78, 5) is 11.8. The van der Waals surface area contributed by atoms with Gasteiger partial charge in [-0.15, -0.1) is 0 Å². The molecule has 0 spiro atoms.